The van der Waals surface area contributed by atoms with Crippen LogP contribution in [0.25, 0.3) is 0 Å². The highest BCUT2D eigenvalue weighted by Crippen LogP contribution is 2.63. The molecule has 1 aromatic heterocycles. The van der Waals surface area contributed by atoms with Crippen LogP contribution in [0, 0.1) is 0 Å². The molecular formula is C57H50BN3O. The van der Waals surface area contributed by atoms with Crippen LogP contribution in [0.15, 0.2) is 176 Å². The molecule has 0 fully saturated rings. The van der Waals surface area contributed by atoms with Gasteiger partial charge in [0.1, 0.15) is 11.5 Å². The highest BCUT2D eigenvalue weighted by molar-refractivity contribution is 6.97. The molecule has 5 heteroatoms. The largest absolute Gasteiger partial charge is 0.458 e. The molecule has 0 amide bonds. The number of pyridine rings is 1. The molecular weight excluding hydrogens is 753 g/mol. The van der Waals surface area contributed by atoms with Crippen molar-refractivity contribution in [2.75, 3.05) is 9.80 Å². The maximum absolute atomic E-state index is 6.86. The van der Waals surface area contributed by atoms with E-state index in [1.165, 1.54) is 55.3 Å². The molecule has 11 rings (SSSR count). The lowest BCUT2D eigenvalue weighted by Crippen LogP contribution is -2.57. The minimum atomic E-state index is -0.606. The van der Waals surface area contributed by atoms with Gasteiger partial charge in [0.05, 0.1) is 40.0 Å². The second-order valence-electron chi connectivity index (χ2n) is 18.1. The SMILES string of the molecule is CC(C)c1cc(C(C)C)c(B2c3ccccc3Oc3ccc(N4c5ccccc5C5(c6ccccc6N(c6cccnc6)c6ccccc65)c5ccccc54)cc32)c(C(C)C)c1. The third kappa shape index (κ3) is 5.57. The number of fused-ring (bicyclic) bond motifs is 10. The van der Waals surface area contributed by atoms with E-state index in [1.807, 2.05) is 18.5 Å². The van der Waals surface area contributed by atoms with Crippen molar-refractivity contribution in [1.29, 1.82) is 0 Å². The lowest BCUT2D eigenvalue weighted by atomic mass is 9.34. The molecule has 4 heterocycles. The first-order valence-corrected chi connectivity index (χ1v) is 22.2. The minimum absolute atomic E-state index is 0.0110. The summed E-state index contributed by atoms with van der Waals surface area (Å²) in [7, 11) is 0. The normalized spacial score (nSPS) is 14.2. The van der Waals surface area contributed by atoms with Crippen LogP contribution in [0.2, 0.25) is 0 Å². The van der Waals surface area contributed by atoms with E-state index in [0.29, 0.717) is 17.8 Å². The van der Waals surface area contributed by atoms with Crippen molar-refractivity contribution >= 4 is 57.2 Å². The summed E-state index contributed by atoms with van der Waals surface area (Å²) in [4.78, 5) is 9.46. The summed E-state index contributed by atoms with van der Waals surface area (Å²) in [5, 5.41) is 0. The molecule has 0 unspecified atom stereocenters. The van der Waals surface area contributed by atoms with Crippen LogP contribution in [-0.4, -0.2) is 11.7 Å². The Balaban J connectivity index is 1.16. The quantitative estimate of drug-likeness (QED) is 0.157. The van der Waals surface area contributed by atoms with Crippen LogP contribution in [0.5, 0.6) is 11.5 Å². The molecule has 0 aliphatic carbocycles. The molecule has 0 saturated heterocycles. The highest BCUT2D eigenvalue weighted by atomic mass is 16.5. The van der Waals surface area contributed by atoms with E-state index >= 15 is 0 Å². The molecule has 3 aliphatic heterocycles. The molecule has 0 saturated carbocycles. The van der Waals surface area contributed by atoms with Gasteiger partial charge in [-0.25, -0.2) is 0 Å². The van der Waals surface area contributed by atoms with Crippen molar-refractivity contribution in [1.82, 2.24) is 4.98 Å². The number of aromatic nitrogens is 1. The number of rotatable bonds is 6. The Labute approximate surface area is 366 Å². The van der Waals surface area contributed by atoms with Gasteiger partial charge in [-0.2, -0.15) is 0 Å². The number of hydrogen-bond donors (Lipinski definition) is 0. The van der Waals surface area contributed by atoms with Gasteiger partial charge in [-0.15, -0.1) is 0 Å². The minimum Gasteiger partial charge on any atom is -0.458 e. The summed E-state index contributed by atoms with van der Waals surface area (Å²) in [6, 6.07) is 60.8. The van der Waals surface area contributed by atoms with E-state index in [0.717, 1.165) is 45.6 Å². The number of para-hydroxylation sites is 5. The fraction of sp³-hybridized carbons (Fsp3) is 0.175. The lowest BCUT2D eigenvalue weighted by molar-refractivity contribution is 0.487. The van der Waals surface area contributed by atoms with Crippen molar-refractivity contribution in [2.24, 2.45) is 0 Å². The summed E-state index contributed by atoms with van der Waals surface area (Å²) >= 11 is 0. The van der Waals surface area contributed by atoms with Crippen molar-refractivity contribution < 1.29 is 4.74 Å². The molecule has 302 valence electrons. The summed E-state index contributed by atoms with van der Waals surface area (Å²) in [6.45, 7) is 14.0. The van der Waals surface area contributed by atoms with Crippen LogP contribution in [0.4, 0.5) is 34.1 Å². The zero-order valence-electron chi connectivity index (χ0n) is 36.3. The van der Waals surface area contributed by atoms with Gasteiger partial charge in [-0.1, -0.05) is 150 Å². The van der Waals surface area contributed by atoms with Gasteiger partial charge in [0.2, 0.25) is 0 Å². The monoisotopic (exact) mass is 803 g/mol. The smallest absolute Gasteiger partial charge is 0.251 e. The van der Waals surface area contributed by atoms with Gasteiger partial charge in [0.15, 0.2) is 0 Å². The predicted molar refractivity (Wildman–Crippen MR) is 259 cm³/mol. The van der Waals surface area contributed by atoms with Gasteiger partial charge >= 0.3 is 0 Å². The standard InChI is InChI=1S/C57H50BN3O/c1-36(2)39-32-42(37(3)4)56(43(33-39)38(5)6)58-48-23-11-16-28-54(48)62-55-30-29-40(34-49(55)58)60-50-24-12-7-19-44(50)57(45-20-8-13-25-51(45)60)46-21-9-14-26-52(46)61(41-18-17-31-59-35-41)53-27-15-10-22-47(53)57/h7-38H,1-6H3. The first-order valence-electron chi connectivity index (χ1n) is 22.2. The zero-order valence-corrected chi connectivity index (χ0v) is 36.3. The van der Waals surface area contributed by atoms with E-state index in [-0.39, 0.29) is 6.71 Å². The number of hydrogen-bond acceptors (Lipinski definition) is 4. The Morgan fingerprint density at radius 2 is 0.952 bits per heavy atom. The number of benzene rings is 7. The molecule has 0 bridgehead atoms. The van der Waals surface area contributed by atoms with Gasteiger partial charge in [0.25, 0.3) is 6.71 Å². The predicted octanol–water partition coefficient (Wildman–Crippen LogP) is 13.0. The highest BCUT2D eigenvalue weighted by Gasteiger charge is 2.52. The zero-order chi connectivity index (χ0) is 42.3. The van der Waals surface area contributed by atoms with Crippen LogP contribution in [-0.2, 0) is 5.41 Å². The van der Waals surface area contributed by atoms with Crippen LogP contribution >= 0.6 is 0 Å². The van der Waals surface area contributed by atoms with E-state index in [4.69, 9.17) is 4.74 Å². The third-order valence-corrected chi connectivity index (χ3v) is 13.6. The lowest BCUT2D eigenvalue weighted by Gasteiger charge is -2.51. The molecule has 8 aromatic rings. The number of ether oxygens (including phenoxy) is 1. The Bertz CT molecular complexity index is 2900. The molecule has 3 aliphatic rings. The average Bonchev–Trinajstić information content (AvgIpc) is 3.30. The van der Waals surface area contributed by atoms with Crippen molar-refractivity contribution in [3.8, 4) is 11.5 Å². The Morgan fingerprint density at radius 1 is 0.468 bits per heavy atom. The van der Waals surface area contributed by atoms with Crippen molar-refractivity contribution in [3.63, 3.8) is 0 Å². The molecule has 7 aromatic carbocycles. The van der Waals surface area contributed by atoms with Crippen molar-refractivity contribution in [3.05, 3.63) is 215 Å². The second kappa shape index (κ2) is 14.7. The Kier molecular flexibility index (Phi) is 9.01. The summed E-state index contributed by atoms with van der Waals surface area (Å²) < 4.78 is 6.86. The molecule has 0 N–H and O–H groups in total. The molecule has 62 heavy (non-hydrogen) atoms. The van der Waals surface area contributed by atoms with Gasteiger partial charge < -0.3 is 14.5 Å². The maximum atomic E-state index is 6.86. The molecule has 0 radical (unpaired) electrons. The van der Waals surface area contributed by atoms with E-state index in [9.17, 15) is 0 Å². The molecule has 4 nitrogen and oxygen atoms in total. The van der Waals surface area contributed by atoms with Crippen LogP contribution in [0.1, 0.15) is 98.2 Å². The van der Waals surface area contributed by atoms with E-state index in [1.54, 1.807) is 0 Å². The fourth-order valence-corrected chi connectivity index (χ4v) is 10.9. The second-order valence-corrected chi connectivity index (χ2v) is 18.1. The summed E-state index contributed by atoms with van der Waals surface area (Å²) in [6.07, 6.45) is 3.81. The van der Waals surface area contributed by atoms with Crippen LogP contribution < -0.4 is 30.9 Å². The van der Waals surface area contributed by atoms with Crippen molar-refractivity contribution in [2.45, 2.75) is 64.7 Å². The number of nitrogens with zero attached hydrogens (tertiary/aromatic N) is 3. The average molecular weight is 804 g/mol. The maximum Gasteiger partial charge on any atom is 0.251 e. The van der Waals surface area contributed by atoms with E-state index < -0.39 is 5.41 Å². The van der Waals surface area contributed by atoms with Gasteiger partial charge in [-0.05, 0) is 128 Å². The third-order valence-electron chi connectivity index (χ3n) is 13.6. The first-order chi connectivity index (χ1) is 30.3. The topological polar surface area (TPSA) is 28.6 Å². The Hall–Kier alpha value is -6.85. The fourth-order valence-electron chi connectivity index (χ4n) is 10.9. The number of anilines is 6. The molecule has 0 atom stereocenters. The van der Waals surface area contributed by atoms with Crippen LogP contribution in [0.3, 0.4) is 0 Å². The van der Waals surface area contributed by atoms with Gasteiger partial charge in [-0.3, -0.25) is 4.98 Å². The summed E-state index contributed by atoms with van der Waals surface area (Å²) in [5.74, 6) is 2.96. The molecule has 1 spiro atoms. The van der Waals surface area contributed by atoms with E-state index in [2.05, 4.69) is 214 Å². The first kappa shape index (κ1) is 38.1. The summed E-state index contributed by atoms with van der Waals surface area (Å²) in [5.41, 5.74) is 19.2. The Morgan fingerprint density at radius 3 is 1.45 bits per heavy atom. The van der Waals surface area contributed by atoms with Gasteiger partial charge in [0, 0.05) is 11.9 Å².